The largest absolute Gasteiger partial charge is 0.368 e. The Morgan fingerprint density at radius 3 is 3.05 bits per heavy atom. The average Bonchev–Trinajstić information content (AvgIpc) is 2.93. The molecule has 1 atom stereocenters. The number of hydrogen-bond donors (Lipinski definition) is 2. The molecule has 1 unspecified atom stereocenters. The van der Waals surface area contributed by atoms with Crippen molar-refractivity contribution < 1.29 is 0 Å². The van der Waals surface area contributed by atoms with Crippen LogP contribution in [-0.4, -0.2) is 42.3 Å². The summed E-state index contributed by atoms with van der Waals surface area (Å²) in [6.45, 7) is 0. The van der Waals surface area contributed by atoms with Crippen LogP contribution >= 0.6 is 11.8 Å². The second-order valence-corrected chi connectivity index (χ2v) is 5.48. The van der Waals surface area contributed by atoms with Crippen molar-refractivity contribution in [2.45, 2.75) is 18.9 Å². The van der Waals surface area contributed by atoms with E-state index in [4.69, 9.17) is 5.73 Å². The molecule has 7 nitrogen and oxygen atoms in total. The normalized spacial score (nSPS) is 19.3. The highest BCUT2D eigenvalue weighted by Gasteiger charge is 2.15. The maximum absolute atomic E-state index is 5.72. The fourth-order valence-corrected chi connectivity index (χ4v) is 3.04. The smallest absolute Gasteiger partial charge is 0.257 e. The van der Waals surface area contributed by atoms with Gasteiger partial charge in [0.25, 0.3) is 5.95 Å². The highest BCUT2D eigenvalue weighted by molar-refractivity contribution is 7.99. The third-order valence-electron chi connectivity index (χ3n) is 2.84. The fraction of sp³-hybridized carbons (Fsp3) is 0.455. The van der Waals surface area contributed by atoms with Crippen molar-refractivity contribution in [2.75, 3.05) is 22.6 Å². The summed E-state index contributed by atoms with van der Waals surface area (Å²) in [5, 5.41) is 7.41. The van der Waals surface area contributed by atoms with Crippen molar-refractivity contribution >= 4 is 23.7 Å². The molecule has 0 bridgehead atoms. The minimum absolute atomic E-state index is 0.200. The Balaban J connectivity index is 1.81. The van der Waals surface area contributed by atoms with Crippen LogP contribution < -0.4 is 11.1 Å². The van der Waals surface area contributed by atoms with Gasteiger partial charge in [-0.2, -0.15) is 31.8 Å². The molecule has 2 aromatic rings. The Bertz CT molecular complexity index is 536. The van der Waals surface area contributed by atoms with E-state index in [-0.39, 0.29) is 5.95 Å². The molecule has 1 aliphatic heterocycles. The van der Waals surface area contributed by atoms with Crippen molar-refractivity contribution in [1.82, 2.24) is 24.7 Å². The monoisotopic (exact) mass is 277 g/mol. The lowest BCUT2D eigenvalue weighted by Gasteiger charge is -2.22. The van der Waals surface area contributed by atoms with E-state index in [1.54, 1.807) is 17.1 Å². The molecular formula is C11H15N7S. The molecule has 0 saturated carbocycles. The van der Waals surface area contributed by atoms with Gasteiger partial charge < -0.3 is 11.1 Å². The molecule has 3 heterocycles. The Morgan fingerprint density at radius 2 is 2.32 bits per heavy atom. The highest BCUT2D eigenvalue weighted by atomic mass is 32.2. The van der Waals surface area contributed by atoms with Gasteiger partial charge in [0.15, 0.2) is 0 Å². The summed E-state index contributed by atoms with van der Waals surface area (Å²) in [6, 6.07) is 2.20. The molecule has 0 aliphatic carbocycles. The number of nitrogens with zero attached hydrogens (tertiary/aromatic N) is 5. The van der Waals surface area contributed by atoms with Gasteiger partial charge in [0, 0.05) is 24.2 Å². The summed E-state index contributed by atoms with van der Waals surface area (Å²) in [4.78, 5) is 12.6. The first-order valence-corrected chi connectivity index (χ1v) is 7.32. The molecule has 0 aromatic carbocycles. The maximum atomic E-state index is 5.72. The number of nitrogen functional groups attached to an aromatic ring is 1. The first kappa shape index (κ1) is 12.2. The van der Waals surface area contributed by atoms with E-state index < -0.39 is 0 Å². The summed E-state index contributed by atoms with van der Waals surface area (Å²) in [7, 11) is 0. The van der Waals surface area contributed by atoms with Crippen LogP contribution in [0.15, 0.2) is 18.5 Å². The lowest BCUT2D eigenvalue weighted by Crippen LogP contribution is -2.27. The van der Waals surface area contributed by atoms with Crippen LogP contribution in [0.3, 0.4) is 0 Å². The molecule has 2 aromatic heterocycles. The van der Waals surface area contributed by atoms with Gasteiger partial charge in [0.05, 0.1) is 0 Å². The zero-order chi connectivity index (χ0) is 13.1. The van der Waals surface area contributed by atoms with Gasteiger partial charge in [-0.25, -0.2) is 4.68 Å². The van der Waals surface area contributed by atoms with Gasteiger partial charge in [-0.3, -0.25) is 0 Å². The summed E-state index contributed by atoms with van der Waals surface area (Å²) in [5.41, 5.74) is 5.72. The fourth-order valence-electron chi connectivity index (χ4n) is 1.97. The number of thioether (sulfide) groups is 1. The number of hydrogen-bond acceptors (Lipinski definition) is 7. The zero-order valence-corrected chi connectivity index (χ0v) is 11.2. The minimum Gasteiger partial charge on any atom is -0.368 e. The van der Waals surface area contributed by atoms with Crippen molar-refractivity contribution in [3.8, 4) is 5.95 Å². The van der Waals surface area contributed by atoms with Gasteiger partial charge in [-0.05, 0) is 24.7 Å². The van der Waals surface area contributed by atoms with Crippen molar-refractivity contribution in [3.05, 3.63) is 18.5 Å². The zero-order valence-electron chi connectivity index (χ0n) is 10.4. The number of aromatic nitrogens is 5. The van der Waals surface area contributed by atoms with Crippen LogP contribution in [-0.2, 0) is 0 Å². The molecule has 0 amide bonds. The standard InChI is InChI=1S/C11H15N7S/c12-9-15-10(14-8-3-1-6-19-7-8)17-11(16-9)18-5-2-4-13-18/h2,4-5,8H,1,3,6-7H2,(H3,12,14,15,16,17). The van der Waals surface area contributed by atoms with E-state index in [9.17, 15) is 0 Å². The van der Waals surface area contributed by atoms with Gasteiger partial charge in [0.1, 0.15) is 0 Å². The number of anilines is 2. The minimum atomic E-state index is 0.200. The molecule has 100 valence electrons. The molecule has 19 heavy (non-hydrogen) atoms. The lowest BCUT2D eigenvalue weighted by molar-refractivity contribution is 0.676. The van der Waals surface area contributed by atoms with Gasteiger partial charge >= 0.3 is 0 Å². The molecular weight excluding hydrogens is 262 g/mol. The third kappa shape index (κ3) is 2.95. The third-order valence-corrected chi connectivity index (χ3v) is 4.06. The Morgan fingerprint density at radius 1 is 1.37 bits per heavy atom. The van der Waals surface area contributed by atoms with Crippen LogP contribution in [0.4, 0.5) is 11.9 Å². The van der Waals surface area contributed by atoms with Crippen LogP contribution in [0, 0.1) is 0 Å². The second-order valence-electron chi connectivity index (χ2n) is 4.33. The van der Waals surface area contributed by atoms with Crippen molar-refractivity contribution in [3.63, 3.8) is 0 Å². The van der Waals surface area contributed by atoms with Crippen molar-refractivity contribution in [1.29, 1.82) is 0 Å². The Labute approximate surface area is 115 Å². The van der Waals surface area contributed by atoms with Gasteiger partial charge in [0.2, 0.25) is 11.9 Å². The van der Waals surface area contributed by atoms with E-state index in [1.165, 1.54) is 12.2 Å². The predicted octanol–water partition coefficient (Wildman–Crippen LogP) is 0.947. The Kier molecular flexibility index (Phi) is 3.49. The molecule has 1 saturated heterocycles. The predicted molar refractivity (Wildman–Crippen MR) is 75.3 cm³/mol. The number of rotatable bonds is 3. The lowest BCUT2D eigenvalue weighted by atomic mass is 10.2. The molecule has 1 aliphatic rings. The highest BCUT2D eigenvalue weighted by Crippen LogP contribution is 2.19. The van der Waals surface area contributed by atoms with Crippen LogP contribution in [0.5, 0.6) is 0 Å². The molecule has 3 rings (SSSR count). The first-order chi connectivity index (χ1) is 9.31. The molecule has 1 fully saturated rings. The molecule has 8 heteroatoms. The maximum Gasteiger partial charge on any atom is 0.257 e. The average molecular weight is 277 g/mol. The van der Waals surface area contributed by atoms with Gasteiger partial charge in [-0.1, -0.05) is 0 Å². The SMILES string of the molecule is Nc1nc(NC2CCCSC2)nc(-n2cccn2)n1. The van der Waals surface area contributed by atoms with E-state index in [1.807, 2.05) is 17.8 Å². The van der Waals surface area contributed by atoms with E-state index >= 15 is 0 Å². The number of nitrogens with one attached hydrogen (secondary N) is 1. The molecule has 3 N–H and O–H groups in total. The molecule has 0 spiro atoms. The Hall–Kier alpha value is -1.83. The van der Waals surface area contributed by atoms with Crippen LogP contribution in [0.2, 0.25) is 0 Å². The summed E-state index contributed by atoms with van der Waals surface area (Å²) in [6.07, 6.45) is 5.80. The number of nitrogens with two attached hydrogens (primary N) is 1. The van der Waals surface area contributed by atoms with E-state index in [2.05, 4.69) is 25.4 Å². The molecule has 0 radical (unpaired) electrons. The van der Waals surface area contributed by atoms with E-state index in [0.29, 0.717) is 17.9 Å². The van der Waals surface area contributed by atoms with Crippen LogP contribution in [0.1, 0.15) is 12.8 Å². The second kappa shape index (κ2) is 5.43. The summed E-state index contributed by atoms with van der Waals surface area (Å²) < 4.78 is 1.57. The summed E-state index contributed by atoms with van der Waals surface area (Å²) >= 11 is 1.95. The van der Waals surface area contributed by atoms with Gasteiger partial charge in [-0.15, -0.1) is 0 Å². The first-order valence-electron chi connectivity index (χ1n) is 6.17. The summed E-state index contributed by atoms with van der Waals surface area (Å²) in [5.74, 6) is 3.46. The quantitative estimate of drug-likeness (QED) is 0.862. The van der Waals surface area contributed by atoms with E-state index in [0.717, 1.165) is 12.2 Å². The van der Waals surface area contributed by atoms with Crippen LogP contribution in [0.25, 0.3) is 5.95 Å². The topological polar surface area (TPSA) is 94.5 Å². The van der Waals surface area contributed by atoms with Crippen molar-refractivity contribution in [2.24, 2.45) is 0 Å².